The summed E-state index contributed by atoms with van der Waals surface area (Å²) >= 11 is 0. The van der Waals surface area contributed by atoms with Crippen molar-refractivity contribution in [1.29, 1.82) is 0 Å². The Kier molecular flexibility index (Phi) is 5.40. The Labute approximate surface area is 129 Å². The van der Waals surface area contributed by atoms with E-state index in [0.717, 1.165) is 0 Å². The summed E-state index contributed by atoms with van der Waals surface area (Å²) in [4.78, 5) is 12.6. The summed E-state index contributed by atoms with van der Waals surface area (Å²) in [6.07, 6.45) is 1.56. The van der Waals surface area contributed by atoms with E-state index < -0.39 is 13.3 Å². The minimum Gasteiger partial charge on any atom is -0.308 e. The van der Waals surface area contributed by atoms with Crippen LogP contribution in [-0.2, 0) is 13.6 Å². The molecule has 2 rings (SSSR count). The van der Waals surface area contributed by atoms with Gasteiger partial charge in [0.1, 0.15) is 0 Å². The topological polar surface area (TPSA) is 73.3 Å². The highest BCUT2D eigenvalue weighted by Gasteiger charge is 2.35. The first-order valence-corrected chi connectivity index (χ1v) is 8.89. The molecule has 0 spiro atoms. The molecule has 7 heteroatoms. The maximum Gasteiger partial charge on any atom is 0.338 e. The van der Waals surface area contributed by atoms with Gasteiger partial charge in [-0.3, -0.25) is 14.5 Å². The summed E-state index contributed by atoms with van der Waals surface area (Å²) in [5, 5.41) is 2.90. The number of rotatable bonds is 7. The fourth-order valence-corrected chi connectivity index (χ4v) is 4.01. The Balaban J connectivity index is 2.40. The summed E-state index contributed by atoms with van der Waals surface area (Å²) < 4.78 is 24.9. The molecule has 2 aromatic rings. The molecule has 1 aromatic heterocycles. The molecule has 0 bridgehead atoms. The molecule has 1 N–H and O–H groups in total. The van der Waals surface area contributed by atoms with E-state index >= 15 is 0 Å². The van der Waals surface area contributed by atoms with Crippen molar-refractivity contribution >= 4 is 7.60 Å². The number of hydrogen-bond donors (Lipinski definition) is 1. The molecule has 1 heterocycles. The lowest BCUT2D eigenvalue weighted by molar-refractivity contribution is 0.213. The van der Waals surface area contributed by atoms with Crippen molar-refractivity contribution in [3.8, 4) is 5.69 Å². The number of benzene rings is 1. The average Bonchev–Trinajstić information content (AvgIpc) is 2.89. The second kappa shape index (κ2) is 7.09. The third-order valence-electron chi connectivity index (χ3n) is 3.36. The van der Waals surface area contributed by atoms with Crippen LogP contribution >= 0.6 is 7.60 Å². The number of H-pyrrole nitrogens is 1. The van der Waals surface area contributed by atoms with Crippen LogP contribution in [0, 0.1) is 0 Å². The first-order chi connectivity index (χ1) is 10.5. The average molecular weight is 324 g/mol. The van der Waals surface area contributed by atoms with Crippen LogP contribution in [0.1, 0.15) is 32.0 Å². The van der Waals surface area contributed by atoms with Gasteiger partial charge < -0.3 is 9.05 Å². The van der Waals surface area contributed by atoms with Crippen LogP contribution in [0.3, 0.4) is 0 Å². The number of nitrogens with one attached hydrogen (secondary N) is 1. The van der Waals surface area contributed by atoms with Gasteiger partial charge in [0.15, 0.2) is 0 Å². The van der Waals surface area contributed by atoms with Crippen LogP contribution in [0.25, 0.3) is 5.69 Å². The molecule has 1 unspecified atom stereocenters. The largest absolute Gasteiger partial charge is 0.338 e. The summed E-state index contributed by atoms with van der Waals surface area (Å²) in [7, 11) is -3.37. The number of aromatic amines is 1. The van der Waals surface area contributed by atoms with Gasteiger partial charge in [0.05, 0.1) is 30.1 Å². The van der Waals surface area contributed by atoms with Crippen molar-refractivity contribution in [3.63, 3.8) is 0 Å². The molecule has 6 nitrogen and oxygen atoms in total. The smallest absolute Gasteiger partial charge is 0.308 e. The standard InChI is InChI=1S/C15H21N2O4P/c1-4-20-22(19,21-5-2)12(3)14-11-16-17(15(14)18)13-9-7-6-8-10-13/h6-12,16H,4-5H2,1-3H3. The molecule has 0 amide bonds. The van der Waals surface area contributed by atoms with Crippen molar-refractivity contribution < 1.29 is 13.6 Å². The van der Waals surface area contributed by atoms with Crippen molar-refractivity contribution in [2.45, 2.75) is 26.4 Å². The highest BCUT2D eigenvalue weighted by Crippen LogP contribution is 2.60. The summed E-state index contributed by atoms with van der Waals surface area (Å²) in [5.41, 5.74) is 0.210. The monoisotopic (exact) mass is 324 g/mol. The quantitative estimate of drug-likeness (QED) is 0.791. The van der Waals surface area contributed by atoms with Crippen molar-refractivity contribution in [2.24, 2.45) is 0 Å². The Morgan fingerprint density at radius 1 is 1.18 bits per heavy atom. The van der Waals surface area contributed by atoms with Crippen LogP contribution in [0.15, 0.2) is 41.3 Å². The van der Waals surface area contributed by atoms with Crippen LogP contribution < -0.4 is 5.56 Å². The summed E-state index contributed by atoms with van der Waals surface area (Å²) in [6, 6.07) is 9.20. The SMILES string of the molecule is CCOP(=O)(OCC)C(C)c1c[nH]n(-c2ccccc2)c1=O. The molecule has 0 aliphatic carbocycles. The zero-order chi connectivity index (χ0) is 16.2. The van der Waals surface area contributed by atoms with E-state index in [2.05, 4.69) is 5.10 Å². The maximum atomic E-state index is 12.8. The fraction of sp³-hybridized carbons (Fsp3) is 0.400. The van der Waals surface area contributed by atoms with Gasteiger partial charge in [-0.25, -0.2) is 4.68 Å². The van der Waals surface area contributed by atoms with Gasteiger partial charge in [0, 0.05) is 6.20 Å². The van der Waals surface area contributed by atoms with Gasteiger partial charge in [-0.2, -0.15) is 0 Å². The molecule has 22 heavy (non-hydrogen) atoms. The molecule has 1 aromatic carbocycles. The molecule has 0 fully saturated rings. The lowest BCUT2D eigenvalue weighted by Crippen LogP contribution is -2.19. The molecular weight excluding hydrogens is 303 g/mol. The molecule has 0 aliphatic rings. The minimum absolute atomic E-state index is 0.252. The molecule has 1 atom stereocenters. The molecule has 0 saturated carbocycles. The first kappa shape index (κ1) is 16.7. The molecule has 0 saturated heterocycles. The van der Waals surface area contributed by atoms with Gasteiger partial charge in [-0.1, -0.05) is 18.2 Å². The van der Waals surface area contributed by atoms with Crippen LogP contribution in [0.2, 0.25) is 0 Å². The third kappa shape index (κ3) is 3.24. The van der Waals surface area contributed by atoms with Crippen LogP contribution in [0.5, 0.6) is 0 Å². The number of nitrogens with zero attached hydrogens (tertiary/aromatic N) is 1. The van der Waals surface area contributed by atoms with E-state index in [1.165, 1.54) is 4.68 Å². The normalized spacial score (nSPS) is 13.2. The number of aromatic nitrogens is 2. The number of para-hydroxylation sites is 1. The van der Waals surface area contributed by atoms with E-state index in [1.54, 1.807) is 27.0 Å². The van der Waals surface area contributed by atoms with Gasteiger partial charge in [0.2, 0.25) is 0 Å². The maximum absolute atomic E-state index is 12.8. The Bertz CT molecular complexity index is 698. The van der Waals surface area contributed by atoms with Crippen LogP contribution in [-0.4, -0.2) is 23.0 Å². The number of hydrogen-bond acceptors (Lipinski definition) is 4. The first-order valence-electron chi connectivity index (χ1n) is 7.28. The van der Waals surface area contributed by atoms with E-state index in [0.29, 0.717) is 11.3 Å². The zero-order valence-corrected chi connectivity index (χ0v) is 13.9. The summed E-state index contributed by atoms with van der Waals surface area (Å²) in [6.45, 7) is 5.71. The predicted octanol–water partition coefficient (Wildman–Crippen LogP) is 3.49. The minimum atomic E-state index is -3.37. The second-order valence-corrected chi connectivity index (χ2v) is 7.13. The molecule has 0 radical (unpaired) electrons. The van der Waals surface area contributed by atoms with Gasteiger partial charge in [-0.05, 0) is 32.9 Å². The van der Waals surface area contributed by atoms with Gasteiger partial charge in [0.25, 0.3) is 5.56 Å². The van der Waals surface area contributed by atoms with E-state index in [4.69, 9.17) is 9.05 Å². The van der Waals surface area contributed by atoms with Crippen molar-refractivity contribution in [2.75, 3.05) is 13.2 Å². The molecule has 0 aliphatic heterocycles. The zero-order valence-electron chi connectivity index (χ0n) is 13.0. The van der Waals surface area contributed by atoms with Crippen molar-refractivity contribution in [3.05, 3.63) is 52.4 Å². The van der Waals surface area contributed by atoms with Gasteiger partial charge >= 0.3 is 7.60 Å². The predicted molar refractivity (Wildman–Crippen MR) is 85.7 cm³/mol. The fourth-order valence-electron chi connectivity index (χ4n) is 2.24. The summed E-state index contributed by atoms with van der Waals surface area (Å²) in [5.74, 6) is 0. The van der Waals surface area contributed by atoms with E-state index in [1.807, 2.05) is 30.3 Å². The second-order valence-electron chi connectivity index (χ2n) is 4.76. The Morgan fingerprint density at radius 3 is 2.32 bits per heavy atom. The van der Waals surface area contributed by atoms with Gasteiger partial charge in [-0.15, -0.1) is 0 Å². The lowest BCUT2D eigenvalue weighted by Gasteiger charge is -2.22. The third-order valence-corrected chi connectivity index (χ3v) is 5.82. The van der Waals surface area contributed by atoms with Crippen LogP contribution in [0.4, 0.5) is 0 Å². The van der Waals surface area contributed by atoms with E-state index in [9.17, 15) is 9.36 Å². The molecule has 120 valence electrons. The van der Waals surface area contributed by atoms with Crippen molar-refractivity contribution in [1.82, 2.24) is 9.78 Å². The highest BCUT2D eigenvalue weighted by atomic mass is 31.2. The highest BCUT2D eigenvalue weighted by molar-refractivity contribution is 7.54. The van der Waals surface area contributed by atoms with E-state index in [-0.39, 0.29) is 18.8 Å². The lowest BCUT2D eigenvalue weighted by atomic mass is 10.2. The Morgan fingerprint density at radius 2 is 1.77 bits per heavy atom. The molecular formula is C15H21N2O4P. The Hall–Kier alpha value is -1.62.